The van der Waals surface area contributed by atoms with Crippen LogP contribution in [0.4, 0.5) is 0 Å². The zero-order valence-electron chi connectivity index (χ0n) is 13.3. The number of benzene rings is 2. The Balaban J connectivity index is 1.58. The fourth-order valence-electron chi connectivity index (χ4n) is 2.13. The minimum atomic E-state index is -0.790. The van der Waals surface area contributed by atoms with Crippen LogP contribution in [-0.2, 0) is 4.79 Å². The monoisotopic (exact) mass is 416 g/mol. The maximum absolute atomic E-state index is 12.1. The van der Waals surface area contributed by atoms with E-state index >= 15 is 0 Å². The molecule has 0 spiro atoms. The Kier molecular flexibility index (Phi) is 5.33. The van der Waals surface area contributed by atoms with Crippen LogP contribution in [0.15, 0.2) is 68.3 Å². The number of ether oxygens (including phenoxy) is 1. The van der Waals surface area contributed by atoms with Crippen LogP contribution in [0.25, 0.3) is 11.0 Å². The molecule has 0 fully saturated rings. The minimum Gasteiger partial charge on any atom is -0.484 e. The topological polar surface area (TPSA) is 97.6 Å². The number of fused-ring (bicyclic) bond motifs is 1. The van der Waals surface area contributed by atoms with Gasteiger partial charge in [-0.15, -0.1) is 0 Å². The van der Waals surface area contributed by atoms with E-state index in [1.807, 2.05) is 0 Å². The SMILES string of the molecule is O=C(COc1ccc(Br)cc1)NNC(=O)c1cc2ccccc2oc1=O. The quantitative estimate of drug-likeness (QED) is 0.502. The van der Waals surface area contributed by atoms with Crippen molar-refractivity contribution < 1.29 is 18.7 Å². The van der Waals surface area contributed by atoms with E-state index in [-0.39, 0.29) is 12.2 Å². The molecule has 1 heterocycles. The molecule has 2 N–H and O–H groups in total. The molecule has 0 unspecified atom stereocenters. The highest BCUT2D eigenvalue weighted by Crippen LogP contribution is 2.16. The number of rotatable bonds is 4. The third-order valence-electron chi connectivity index (χ3n) is 3.39. The van der Waals surface area contributed by atoms with Gasteiger partial charge in [0.05, 0.1) is 0 Å². The summed E-state index contributed by atoms with van der Waals surface area (Å²) in [6.07, 6.45) is 0. The zero-order valence-corrected chi connectivity index (χ0v) is 14.9. The van der Waals surface area contributed by atoms with Gasteiger partial charge in [-0.2, -0.15) is 0 Å². The van der Waals surface area contributed by atoms with Gasteiger partial charge < -0.3 is 9.15 Å². The highest BCUT2D eigenvalue weighted by atomic mass is 79.9. The summed E-state index contributed by atoms with van der Waals surface area (Å²) >= 11 is 3.29. The lowest BCUT2D eigenvalue weighted by atomic mass is 10.2. The van der Waals surface area contributed by atoms with Crippen molar-refractivity contribution in [1.82, 2.24) is 10.9 Å². The molecular weight excluding hydrogens is 404 g/mol. The largest absolute Gasteiger partial charge is 0.484 e. The van der Waals surface area contributed by atoms with Gasteiger partial charge in [-0.3, -0.25) is 20.4 Å². The summed E-state index contributed by atoms with van der Waals surface area (Å²) in [4.78, 5) is 35.7. The van der Waals surface area contributed by atoms with E-state index in [0.29, 0.717) is 16.7 Å². The van der Waals surface area contributed by atoms with Crippen molar-refractivity contribution in [1.29, 1.82) is 0 Å². The van der Waals surface area contributed by atoms with Crippen LogP contribution >= 0.6 is 15.9 Å². The molecule has 3 rings (SSSR count). The molecule has 0 aliphatic rings. The van der Waals surface area contributed by atoms with Gasteiger partial charge in [0.25, 0.3) is 11.8 Å². The number of para-hydroxylation sites is 1. The summed E-state index contributed by atoms with van der Waals surface area (Å²) in [5.74, 6) is -0.849. The molecule has 2 amide bonds. The van der Waals surface area contributed by atoms with E-state index < -0.39 is 17.4 Å². The third kappa shape index (κ3) is 4.28. The molecule has 0 bridgehead atoms. The van der Waals surface area contributed by atoms with Crippen molar-refractivity contribution in [2.24, 2.45) is 0 Å². The summed E-state index contributed by atoms with van der Waals surface area (Å²) in [6.45, 7) is -0.297. The Morgan fingerprint density at radius 1 is 1.04 bits per heavy atom. The second kappa shape index (κ2) is 7.83. The number of hydrogen-bond donors (Lipinski definition) is 2. The Labute approximate surface area is 156 Å². The summed E-state index contributed by atoms with van der Waals surface area (Å²) in [6, 6.07) is 15.1. The Morgan fingerprint density at radius 3 is 2.54 bits per heavy atom. The zero-order chi connectivity index (χ0) is 18.5. The summed E-state index contributed by atoms with van der Waals surface area (Å²) in [7, 11) is 0. The average Bonchev–Trinajstić information content (AvgIpc) is 2.65. The number of hydrazine groups is 1. The third-order valence-corrected chi connectivity index (χ3v) is 3.91. The smallest absolute Gasteiger partial charge is 0.349 e. The summed E-state index contributed by atoms with van der Waals surface area (Å²) in [5, 5.41) is 0.599. The van der Waals surface area contributed by atoms with E-state index in [4.69, 9.17) is 9.15 Å². The molecule has 0 aliphatic carbocycles. The van der Waals surface area contributed by atoms with E-state index in [2.05, 4.69) is 26.8 Å². The number of hydrogen-bond acceptors (Lipinski definition) is 5. The van der Waals surface area contributed by atoms with Crippen molar-refractivity contribution in [3.8, 4) is 5.75 Å². The average molecular weight is 417 g/mol. The Hall–Kier alpha value is -3.13. The molecule has 7 nitrogen and oxygen atoms in total. The van der Waals surface area contributed by atoms with Gasteiger partial charge in [0.2, 0.25) is 0 Å². The van der Waals surface area contributed by atoms with Crippen LogP contribution < -0.4 is 21.2 Å². The van der Waals surface area contributed by atoms with Gasteiger partial charge in [-0.05, 0) is 36.4 Å². The Bertz CT molecular complexity index is 1010. The van der Waals surface area contributed by atoms with E-state index in [0.717, 1.165) is 4.47 Å². The van der Waals surface area contributed by atoms with Crippen molar-refractivity contribution >= 4 is 38.7 Å². The van der Waals surface area contributed by atoms with Gasteiger partial charge in [0, 0.05) is 9.86 Å². The normalized spacial score (nSPS) is 10.3. The van der Waals surface area contributed by atoms with Gasteiger partial charge in [0.15, 0.2) is 6.61 Å². The fraction of sp³-hybridized carbons (Fsp3) is 0.0556. The van der Waals surface area contributed by atoms with E-state index in [1.165, 1.54) is 6.07 Å². The fourth-order valence-corrected chi connectivity index (χ4v) is 2.39. The maximum Gasteiger partial charge on any atom is 0.349 e. The van der Waals surface area contributed by atoms with E-state index in [1.54, 1.807) is 48.5 Å². The van der Waals surface area contributed by atoms with Crippen molar-refractivity contribution in [2.45, 2.75) is 0 Å². The molecule has 26 heavy (non-hydrogen) atoms. The highest BCUT2D eigenvalue weighted by molar-refractivity contribution is 9.10. The summed E-state index contributed by atoms with van der Waals surface area (Å²) in [5.41, 5.74) is 3.72. The lowest BCUT2D eigenvalue weighted by molar-refractivity contribution is -0.123. The first-order valence-corrected chi connectivity index (χ1v) is 8.33. The van der Waals surface area contributed by atoms with Crippen molar-refractivity contribution in [3.05, 3.63) is 75.1 Å². The highest BCUT2D eigenvalue weighted by Gasteiger charge is 2.14. The van der Waals surface area contributed by atoms with Crippen LogP contribution in [0.1, 0.15) is 10.4 Å². The lowest BCUT2D eigenvalue weighted by Gasteiger charge is -2.08. The van der Waals surface area contributed by atoms with Crippen molar-refractivity contribution in [2.75, 3.05) is 6.61 Å². The number of nitrogens with one attached hydrogen (secondary N) is 2. The molecule has 0 saturated heterocycles. The van der Waals surface area contributed by atoms with Crippen LogP contribution in [0.5, 0.6) is 5.75 Å². The number of halogens is 1. The predicted molar refractivity (Wildman–Crippen MR) is 97.7 cm³/mol. The first-order valence-electron chi connectivity index (χ1n) is 7.53. The summed E-state index contributed by atoms with van der Waals surface area (Å²) < 4.78 is 11.2. The maximum atomic E-state index is 12.1. The molecule has 0 aliphatic heterocycles. The standard InChI is InChI=1S/C18H13BrN2O5/c19-12-5-7-13(8-6-12)25-10-16(22)20-21-17(23)14-9-11-3-1-2-4-15(11)26-18(14)24/h1-9H,10H2,(H,20,22)(H,21,23). The number of carbonyl (C=O) groups excluding carboxylic acids is 2. The Morgan fingerprint density at radius 2 is 1.77 bits per heavy atom. The molecule has 0 atom stereocenters. The lowest BCUT2D eigenvalue weighted by Crippen LogP contribution is -2.45. The van der Waals surface area contributed by atoms with Gasteiger partial charge >= 0.3 is 5.63 Å². The van der Waals surface area contributed by atoms with Gasteiger partial charge in [-0.1, -0.05) is 34.1 Å². The number of carbonyl (C=O) groups is 2. The first kappa shape index (κ1) is 17.7. The molecule has 8 heteroatoms. The minimum absolute atomic E-state index is 0.210. The molecule has 132 valence electrons. The van der Waals surface area contributed by atoms with Crippen LogP contribution in [0, 0.1) is 0 Å². The second-order valence-corrected chi connectivity index (χ2v) is 6.15. The van der Waals surface area contributed by atoms with Crippen LogP contribution in [0.3, 0.4) is 0 Å². The van der Waals surface area contributed by atoms with Crippen molar-refractivity contribution in [3.63, 3.8) is 0 Å². The molecular formula is C18H13BrN2O5. The second-order valence-electron chi connectivity index (χ2n) is 5.23. The first-order chi connectivity index (χ1) is 12.5. The van der Waals surface area contributed by atoms with Gasteiger partial charge in [0.1, 0.15) is 16.9 Å². The van der Waals surface area contributed by atoms with Crippen LogP contribution in [-0.4, -0.2) is 18.4 Å². The molecule has 0 radical (unpaired) electrons. The molecule has 0 saturated carbocycles. The van der Waals surface area contributed by atoms with Crippen LogP contribution in [0.2, 0.25) is 0 Å². The molecule has 1 aromatic heterocycles. The van der Waals surface area contributed by atoms with E-state index in [9.17, 15) is 14.4 Å². The van der Waals surface area contributed by atoms with Gasteiger partial charge in [-0.25, -0.2) is 4.79 Å². The predicted octanol–water partition coefficient (Wildman–Crippen LogP) is 2.40. The number of amides is 2. The molecule has 2 aromatic carbocycles. The molecule has 3 aromatic rings.